The van der Waals surface area contributed by atoms with Gasteiger partial charge in [0.15, 0.2) is 17.3 Å². The molecule has 0 unspecified atom stereocenters. The summed E-state index contributed by atoms with van der Waals surface area (Å²) >= 11 is 0. The molecule has 0 saturated heterocycles. The number of nitrogens with zero attached hydrogens (tertiary/aromatic N) is 2. The van der Waals surface area contributed by atoms with Crippen LogP contribution in [0.1, 0.15) is 30.7 Å². The van der Waals surface area contributed by atoms with Crippen molar-refractivity contribution < 1.29 is 19.0 Å². The molecule has 4 rings (SSSR count). The van der Waals surface area contributed by atoms with Crippen LogP contribution in [0, 0.1) is 11.3 Å². The zero-order valence-corrected chi connectivity index (χ0v) is 18.3. The van der Waals surface area contributed by atoms with Crippen molar-refractivity contribution in [3.8, 4) is 23.3 Å². The number of ether oxygens (including phenoxy) is 3. The van der Waals surface area contributed by atoms with Crippen molar-refractivity contribution >= 4 is 11.5 Å². The van der Waals surface area contributed by atoms with Gasteiger partial charge in [-0.15, -0.1) is 0 Å². The second kappa shape index (κ2) is 8.67. The van der Waals surface area contributed by atoms with E-state index in [1.54, 1.807) is 12.1 Å². The summed E-state index contributed by atoms with van der Waals surface area (Å²) in [7, 11) is 4.60. The van der Waals surface area contributed by atoms with E-state index in [-0.39, 0.29) is 5.78 Å². The highest BCUT2D eigenvalue weighted by molar-refractivity contribution is 6.01. The first-order valence-corrected chi connectivity index (χ1v) is 10.4. The topological polar surface area (TPSA) is 97.8 Å². The number of ketones is 1. The predicted molar refractivity (Wildman–Crippen MR) is 120 cm³/mol. The van der Waals surface area contributed by atoms with E-state index in [2.05, 4.69) is 6.07 Å². The van der Waals surface area contributed by atoms with Gasteiger partial charge in [-0.1, -0.05) is 18.2 Å². The molecule has 0 fully saturated rings. The van der Waals surface area contributed by atoms with Gasteiger partial charge in [-0.25, -0.2) is 0 Å². The van der Waals surface area contributed by atoms with E-state index < -0.39 is 5.92 Å². The van der Waals surface area contributed by atoms with Gasteiger partial charge in [0.1, 0.15) is 5.82 Å². The van der Waals surface area contributed by atoms with Gasteiger partial charge < -0.3 is 19.9 Å². The van der Waals surface area contributed by atoms with Gasteiger partial charge >= 0.3 is 0 Å². The maximum absolute atomic E-state index is 13.2. The number of allylic oxidation sites excluding steroid dienone is 3. The fraction of sp³-hybridized carbons (Fsp3) is 0.280. The van der Waals surface area contributed by atoms with E-state index in [0.717, 1.165) is 17.8 Å². The van der Waals surface area contributed by atoms with Crippen LogP contribution in [0.2, 0.25) is 0 Å². The van der Waals surface area contributed by atoms with Crippen molar-refractivity contribution in [3.05, 3.63) is 70.7 Å². The Morgan fingerprint density at radius 1 is 1.03 bits per heavy atom. The molecule has 2 aromatic rings. The molecule has 1 heterocycles. The molecular formula is C25H25N3O4. The summed E-state index contributed by atoms with van der Waals surface area (Å²) in [6, 6.07) is 15.4. The molecule has 0 saturated carbocycles. The van der Waals surface area contributed by atoms with Crippen molar-refractivity contribution in [2.75, 3.05) is 26.2 Å². The van der Waals surface area contributed by atoms with Crippen LogP contribution in [0.5, 0.6) is 17.2 Å². The van der Waals surface area contributed by atoms with Crippen LogP contribution in [0.25, 0.3) is 0 Å². The number of nitriles is 1. The summed E-state index contributed by atoms with van der Waals surface area (Å²) in [5, 5.41) is 10.2. The molecule has 1 aliphatic heterocycles. The van der Waals surface area contributed by atoms with E-state index >= 15 is 0 Å². The van der Waals surface area contributed by atoms with Gasteiger partial charge in [0.2, 0.25) is 5.75 Å². The number of nitrogens with two attached hydrogens (primary N) is 1. The molecule has 0 radical (unpaired) electrons. The van der Waals surface area contributed by atoms with Crippen LogP contribution in [0.4, 0.5) is 5.69 Å². The molecule has 0 amide bonds. The Morgan fingerprint density at radius 3 is 2.25 bits per heavy atom. The number of hydrogen-bond acceptors (Lipinski definition) is 7. The van der Waals surface area contributed by atoms with Gasteiger partial charge in [0, 0.05) is 23.4 Å². The number of Topliss-reactive ketones (excluding diaryl/α,β-unsaturated/α-hetero) is 1. The molecule has 164 valence electrons. The van der Waals surface area contributed by atoms with Crippen LogP contribution in [-0.2, 0) is 4.79 Å². The number of carbonyl (C=O) groups excluding carboxylic acids is 1. The fourth-order valence-corrected chi connectivity index (χ4v) is 4.56. The lowest BCUT2D eigenvalue weighted by molar-refractivity contribution is -0.116. The minimum Gasteiger partial charge on any atom is -0.493 e. The number of para-hydroxylation sites is 1. The largest absolute Gasteiger partial charge is 0.493 e. The van der Waals surface area contributed by atoms with Crippen molar-refractivity contribution in [3.63, 3.8) is 0 Å². The summed E-state index contributed by atoms with van der Waals surface area (Å²) in [5.41, 5.74) is 9.86. The number of carbonyl (C=O) groups is 1. The van der Waals surface area contributed by atoms with Crippen molar-refractivity contribution in [1.29, 1.82) is 5.26 Å². The molecule has 0 bridgehead atoms. The minimum atomic E-state index is -0.614. The monoisotopic (exact) mass is 431 g/mol. The molecule has 7 heteroatoms. The average molecular weight is 431 g/mol. The molecule has 32 heavy (non-hydrogen) atoms. The van der Waals surface area contributed by atoms with Crippen LogP contribution < -0.4 is 24.8 Å². The third kappa shape index (κ3) is 3.34. The highest BCUT2D eigenvalue weighted by Crippen LogP contribution is 2.49. The SMILES string of the molecule is COc1cc([C@@H]2C(C#N)=C(N)N(c3ccccc3)C3=C2C(=O)CCC3)cc(OC)c1OC. The highest BCUT2D eigenvalue weighted by atomic mass is 16.5. The Kier molecular flexibility index (Phi) is 5.78. The van der Waals surface area contributed by atoms with Crippen molar-refractivity contribution in [2.24, 2.45) is 5.73 Å². The highest BCUT2D eigenvalue weighted by Gasteiger charge is 2.40. The van der Waals surface area contributed by atoms with E-state index in [9.17, 15) is 10.1 Å². The van der Waals surface area contributed by atoms with Gasteiger partial charge in [0.25, 0.3) is 0 Å². The van der Waals surface area contributed by atoms with E-state index in [1.807, 2.05) is 35.2 Å². The first-order chi connectivity index (χ1) is 15.5. The van der Waals surface area contributed by atoms with Gasteiger partial charge in [-0.05, 0) is 42.7 Å². The summed E-state index contributed by atoms with van der Waals surface area (Å²) in [5.74, 6) is 1.08. The number of anilines is 1. The molecule has 1 aliphatic carbocycles. The lowest BCUT2D eigenvalue weighted by Gasteiger charge is -2.39. The van der Waals surface area contributed by atoms with Gasteiger partial charge in [-0.2, -0.15) is 5.26 Å². The quantitative estimate of drug-likeness (QED) is 0.764. The molecule has 0 spiro atoms. The molecule has 2 N–H and O–H groups in total. The Hall–Kier alpha value is -3.92. The van der Waals surface area contributed by atoms with Gasteiger partial charge in [0.05, 0.1) is 38.9 Å². The normalized spacial score (nSPS) is 18.2. The minimum absolute atomic E-state index is 0.0196. The molecule has 0 aromatic heterocycles. The van der Waals surface area contributed by atoms with E-state index in [1.165, 1.54) is 21.3 Å². The standard InChI is InChI=1S/C25H25N3O4/c1-30-20-12-15(13-21(31-2)24(20)32-3)22-17(14-26)25(27)28(16-8-5-4-6-9-16)18-10-7-11-19(29)23(18)22/h4-6,8-9,12-13,22H,7,10-11,27H2,1-3H3/t22-/m1/s1. The third-order valence-corrected chi connectivity index (χ3v) is 5.95. The maximum Gasteiger partial charge on any atom is 0.203 e. The predicted octanol–water partition coefficient (Wildman–Crippen LogP) is 4.02. The molecular weight excluding hydrogens is 406 g/mol. The summed E-state index contributed by atoms with van der Waals surface area (Å²) in [6.45, 7) is 0. The van der Waals surface area contributed by atoms with E-state index in [4.69, 9.17) is 19.9 Å². The maximum atomic E-state index is 13.2. The molecule has 1 atom stereocenters. The number of hydrogen-bond donors (Lipinski definition) is 1. The Labute approximate surface area is 187 Å². The molecule has 2 aromatic carbocycles. The smallest absolute Gasteiger partial charge is 0.203 e. The zero-order valence-electron chi connectivity index (χ0n) is 18.3. The Balaban J connectivity index is 1.99. The second-order valence-electron chi connectivity index (χ2n) is 7.61. The number of methoxy groups -OCH3 is 3. The summed E-state index contributed by atoms with van der Waals surface area (Å²) < 4.78 is 16.5. The summed E-state index contributed by atoms with van der Waals surface area (Å²) in [6.07, 6.45) is 1.86. The zero-order chi connectivity index (χ0) is 22.8. The third-order valence-electron chi connectivity index (χ3n) is 5.95. The second-order valence-corrected chi connectivity index (χ2v) is 7.61. The fourth-order valence-electron chi connectivity index (χ4n) is 4.56. The number of benzene rings is 2. The lowest BCUT2D eigenvalue weighted by atomic mass is 9.75. The Morgan fingerprint density at radius 2 is 1.69 bits per heavy atom. The van der Waals surface area contributed by atoms with Crippen molar-refractivity contribution in [1.82, 2.24) is 0 Å². The van der Waals surface area contributed by atoms with Crippen LogP contribution in [0.15, 0.2) is 65.1 Å². The van der Waals surface area contributed by atoms with Crippen LogP contribution in [-0.4, -0.2) is 27.1 Å². The van der Waals surface area contributed by atoms with Crippen molar-refractivity contribution in [2.45, 2.75) is 25.2 Å². The summed E-state index contributed by atoms with van der Waals surface area (Å²) in [4.78, 5) is 15.1. The lowest BCUT2D eigenvalue weighted by Crippen LogP contribution is -2.38. The van der Waals surface area contributed by atoms with Crippen LogP contribution in [0.3, 0.4) is 0 Å². The first kappa shape index (κ1) is 21.3. The Bertz CT molecular complexity index is 1140. The van der Waals surface area contributed by atoms with Crippen LogP contribution >= 0.6 is 0 Å². The molecule has 7 nitrogen and oxygen atoms in total. The number of rotatable bonds is 5. The molecule has 2 aliphatic rings. The average Bonchev–Trinajstić information content (AvgIpc) is 2.83. The van der Waals surface area contributed by atoms with Gasteiger partial charge in [-0.3, -0.25) is 9.69 Å². The first-order valence-electron chi connectivity index (χ1n) is 10.4. The van der Waals surface area contributed by atoms with E-state index in [0.29, 0.717) is 52.6 Å².